The SMILES string of the molecule is [B]C(=O)NC(=NCCC[C@H]1CN(CCc2ccc3ccccc3c2)CCN1C(=O)[C@@H](Cc1ccc(Cl)cc1Cl)NC([B])=O)/N=C\B=O. The molecule has 4 rings (SSSR count). The molecule has 0 spiro atoms. The van der Waals surface area contributed by atoms with Crippen molar-refractivity contribution in [1.29, 1.82) is 0 Å². The standard InChI is InChI=1S/C32H33B3Cl2N6O4/c33-30(45)40-28(17-24-9-10-25(36)18-27(24)37)29(44)43-15-14-42(13-11-21-7-8-22-4-1-2-5-23(22)16-21)19-26(43)6-3-12-38-32(39-20-35-47)41-31(34)46/h1-2,4-5,7-10,16,18,20,26,28H,3,6,11-15,17,19H2,(H,40,45)(H,38,41,46)/b39-20-/t26-,28+/m0/s1. The molecule has 1 fully saturated rings. The molecule has 1 saturated heterocycles. The number of carbonyl (C=O) groups is 3. The number of guanidine groups is 1. The van der Waals surface area contributed by atoms with E-state index in [0.29, 0.717) is 55.2 Å². The molecular weight excluding hydrogens is 636 g/mol. The fourth-order valence-electron chi connectivity index (χ4n) is 5.66. The van der Waals surface area contributed by atoms with Crippen molar-refractivity contribution in [2.45, 2.75) is 37.8 Å². The molecule has 238 valence electrons. The molecule has 47 heavy (non-hydrogen) atoms. The summed E-state index contributed by atoms with van der Waals surface area (Å²) in [4.78, 5) is 49.5. The summed E-state index contributed by atoms with van der Waals surface area (Å²) in [5, 5.41) is 8.11. The van der Waals surface area contributed by atoms with Gasteiger partial charge in [0.15, 0.2) is 5.81 Å². The van der Waals surface area contributed by atoms with Crippen molar-refractivity contribution in [2.24, 2.45) is 9.98 Å². The number of aliphatic imine (C=N–C) groups is 2. The first-order valence-corrected chi connectivity index (χ1v) is 16.0. The van der Waals surface area contributed by atoms with Crippen LogP contribution in [0, 0.1) is 0 Å². The van der Waals surface area contributed by atoms with Gasteiger partial charge in [0.25, 0.3) is 0 Å². The molecule has 0 aliphatic carbocycles. The number of hydrogen-bond acceptors (Lipinski definition) is 6. The number of fused-ring (bicyclic) bond motifs is 1. The maximum atomic E-state index is 14.0. The van der Waals surface area contributed by atoms with Gasteiger partial charge in [0.2, 0.25) is 7.85 Å². The fraction of sp³-hybridized carbons (Fsp3) is 0.344. The van der Waals surface area contributed by atoms with E-state index in [1.54, 1.807) is 23.1 Å². The third kappa shape index (κ3) is 11.2. The third-order valence-corrected chi connectivity index (χ3v) is 8.47. The van der Waals surface area contributed by atoms with Gasteiger partial charge in [0.1, 0.15) is 0 Å². The third-order valence-electron chi connectivity index (χ3n) is 7.88. The van der Waals surface area contributed by atoms with Crippen LogP contribution >= 0.6 is 23.2 Å². The molecular formula is C32H33B3Cl2N6O4. The Hall–Kier alpha value is -3.80. The van der Waals surface area contributed by atoms with E-state index in [1.807, 2.05) is 12.1 Å². The molecule has 3 aromatic carbocycles. The summed E-state index contributed by atoms with van der Waals surface area (Å²) in [6.07, 6.45) is 3.03. The summed E-state index contributed by atoms with van der Waals surface area (Å²) < 4.78 is 10.7. The van der Waals surface area contributed by atoms with E-state index >= 15 is 0 Å². The van der Waals surface area contributed by atoms with Crippen LogP contribution in [0.25, 0.3) is 10.8 Å². The number of nitrogens with zero attached hydrogens (tertiary/aromatic N) is 4. The van der Waals surface area contributed by atoms with E-state index in [4.69, 9.17) is 38.9 Å². The number of carbonyl (C=O) groups excluding carboxylic acids is 3. The molecule has 0 bridgehead atoms. The molecule has 1 aliphatic rings. The van der Waals surface area contributed by atoms with Gasteiger partial charge in [-0.1, -0.05) is 71.7 Å². The zero-order valence-electron chi connectivity index (χ0n) is 25.8. The quantitative estimate of drug-likeness (QED) is 0.132. The van der Waals surface area contributed by atoms with E-state index in [0.717, 1.165) is 19.1 Å². The number of nitrogens with one attached hydrogen (secondary N) is 2. The van der Waals surface area contributed by atoms with Crippen LogP contribution in [0.4, 0.5) is 9.59 Å². The minimum atomic E-state index is -0.945. The summed E-state index contributed by atoms with van der Waals surface area (Å²) in [6, 6.07) is 18.5. The van der Waals surface area contributed by atoms with Gasteiger partial charge >= 0.3 is 154 Å². The number of amides is 3. The predicted octanol–water partition coefficient (Wildman–Crippen LogP) is 3.78. The van der Waals surface area contributed by atoms with Crippen molar-refractivity contribution in [3.63, 3.8) is 0 Å². The van der Waals surface area contributed by atoms with Crippen LogP contribution in [0.5, 0.6) is 0 Å². The van der Waals surface area contributed by atoms with Gasteiger partial charge in [-0.25, -0.2) is 0 Å². The van der Waals surface area contributed by atoms with Gasteiger partial charge in [0, 0.05) is 10.0 Å². The second-order valence-corrected chi connectivity index (χ2v) is 12.0. The molecule has 10 nitrogen and oxygen atoms in total. The molecule has 0 unspecified atom stereocenters. The Morgan fingerprint density at radius 1 is 1.02 bits per heavy atom. The van der Waals surface area contributed by atoms with Crippen LogP contribution in [-0.4, -0.2) is 107 Å². The van der Waals surface area contributed by atoms with E-state index in [9.17, 15) is 19.1 Å². The first-order valence-electron chi connectivity index (χ1n) is 15.2. The molecule has 1 heterocycles. The number of piperazine rings is 1. The Morgan fingerprint density at radius 2 is 1.81 bits per heavy atom. The second kappa shape index (κ2) is 17.9. The van der Waals surface area contributed by atoms with Crippen LogP contribution in [0.2, 0.25) is 10.0 Å². The second-order valence-electron chi connectivity index (χ2n) is 11.2. The number of halogens is 2. The van der Waals surface area contributed by atoms with Crippen molar-refractivity contribution in [2.75, 3.05) is 32.7 Å². The Kier molecular flexibility index (Phi) is 13.8. The molecule has 2 atom stereocenters. The van der Waals surface area contributed by atoms with E-state index in [2.05, 4.69) is 55.9 Å². The molecule has 1 aliphatic heterocycles. The van der Waals surface area contributed by atoms with E-state index in [-0.39, 0.29) is 30.9 Å². The zero-order valence-corrected chi connectivity index (χ0v) is 27.3. The maximum absolute atomic E-state index is 14.0. The van der Waals surface area contributed by atoms with Crippen molar-refractivity contribution in [3.05, 3.63) is 81.8 Å². The van der Waals surface area contributed by atoms with Crippen molar-refractivity contribution in [3.8, 4) is 0 Å². The molecule has 4 radical (unpaired) electrons. The van der Waals surface area contributed by atoms with Gasteiger partial charge in [-0.2, -0.15) is 0 Å². The van der Waals surface area contributed by atoms with Gasteiger partial charge < -0.3 is 0 Å². The monoisotopic (exact) mass is 668 g/mol. The Balaban J connectivity index is 1.49. The van der Waals surface area contributed by atoms with Crippen LogP contribution in [-0.2, 0) is 22.3 Å². The minimum absolute atomic E-state index is 0.0799. The number of hydrogen-bond donors (Lipinski definition) is 2. The summed E-state index contributed by atoms with van der Waals surface area (Å²) in [5.74, 6) is -2.03. The molecule has 0 aromatic heterocycles. The average molecular weight is 669 g/mol. The summed E-state index contributed by atoms with van der Waals surface area (Å²) in [7, 11) is 11.1. The van der Waals surface area contributed by atoms with Crippen molar-refractivity contribution < 1.29 is 19.1 Å². The normalized spacial score (nSPS) is 16.2. The van der Waals surface area contributed by atoms with Crippen LogP contribution in [0.15, 0.2) is 70.6 Å². The molecule has 2 N–H and O–H groups in total. The van der Waals surface area contributed by atoms with E-state index < -0.39 is 17.7 Å². The number of rotatable bonds is 12. The van der Waals surface area contributed by atoms with Crippen LogP contribution in [0.1, 0.15) is 24.0 Å². The Labute approximate surface area is 287 Å². The van der Waals surface area contributed by atoms with Crippen molar-refractivity contribution >= 4 is 86.4 Å². The van der Waals surface area contributed by atoms with Crippen LogP contribution in [0.3, 0.4) is 0 Å². The van der Waals surface area contributed by atoms with Gasteiger partial charge in [-0.3, -0.25) is 4.79 Å². The molecule has 3 amide bonds. The average Bonchev–Trinajstić information content (AvgIpc) is 3.04. The van der Waals surface area contributed by atoms with Crippen LogP contribution < -0.4 is 10.6 Å². The topological polar surface area (TPSA) is 124 Å². The summed E-state index contributed by atoms with van der Waals surface area (Å²) >= 11 is 12.5. The van der Waals surface area contributed by atoms with Gasteiger partial charge in [-0.15, -0.1) is 0 Å². The zero-order chi connectivity index (χ0) is 33.8. The predicted molar refractivity (Wildman–Crippen MR) is 189 cm³/mol. The van der Waals surface area contributed by atoms with Gasteiger partial charge in [0.05, 0.1) is 0 Å². The number of benzene rings is 3. The molecule has 15 heteroatoms. The molecule has 3 aromatic rings. The molecule has 0 saturated carbocycles. The van der Waals surface area contributed by atoms with Gasteiger partial charge in [-0.05, 0) is 34.0 Å². The summed E-state index contributed by atoms with van der Waals surface area (Å²) in [5.41, 5.74) is 1.87. The first kappa shape index (κ1) is 36.0. The Morgan fingerprint density at radius 3 is 2.53 bits per heavy atom. The van der Waals surface area contributed by atoms with Crippen molar-refractivity contribution in [1.82, 2.24) is 20.4 Å². The Bertz CT molecular complexity index is 1660. The summed E-state index contributed by atoms with van der Waals surface area (Å²) in [6.45, 7) is 2.74. The fourth-order valence-corrected chi connectivity index (χ4v) is 6.14. The van der Waals surface area contributed by atoms with E-state index in [1.165, 1.54) is 16.3 Å². The first-order chi connectivity index (χ1) is 22.6.